The van der Waals surface area contributed by atoms with E-state index in [2.05, 4.69) is 26.0 Å². The predicted molar refractivity (Wildman–Crippen MR) is 120 cm³/mol. The Hall–Kier alpha value is -3.40. The van der Waals surface area contributed by atoms with Gasteiger partial charge in [0.25, 0.3) is 0 Å². The summed E-state index contributed by atoms with van der Waals surface area (Å²) in [6.07, 6.45) is 1.97. The standard InChI is InChI=1S/C26H28O4/c1-17(2)11-12-29-26-10-5-20(15-25(26)28)24-14-18(3)21(13-19(24)4)16-30-23-8-6-22(27)7-9-23/h5-11,13-15,27-28H,12,16H2,1-4H3. The summed E-state index contributed by atoms with van der Waals surface area (Å²) in [6, 6.07) is 16.4. The van der Waals surface area contributed by atoms with Gasteiger partial charge in [0.15, 0.2) is 11.5 Å². The predicted octanol–water partition coefficient (Wildman–Crippen LogP) is 6.31. The van der Waals surface area contributed by atoms with Gasteiger partial charge in [-0.15, -0.1) is 0 Å². The molecule has 0 fully saturated rings. The van der Waals surface area contributed by atoms with Crippen LogP contribution in [-0.4, -0.2) is 16.8 Å². The molecule has 0 bridgehead atoms. The number of ether oxygens (including phenoxy) is 2. The van der Waals surface area contributed by atoms with Crippen LogP contribution in [0.3, 0.4) is 0 Å². The van der Waals surface area contributed by atoms with Crippen LogP contribution in [0.15, 0.2) is 66.2 Å². The van der Waals surface area contributed by atoms with Crippen molar-refractivity contribution in [2.75, 3.05) is 6.61 Å². The highest BCUT2D eigenvalue weighted by atomic mass is 16.5. The van der Waals surface area contributed by atoms with E-state index in [9.17, 15) is 10.2 Å². The average Bonchev–Trinajstić information content (AvgIpc) is 2.70. The average molecular weight is 405 g/mol. The number of aromatic hydroxyl groups is 2. The zero-order chi connectivity index (χ0) is 21.7. The molecule has 3 rings (SSSR count). The highest BCUT2D eigenvalue weighted by molar-refractivity contribution is 5.71. The van der Waals surface area contributed by atoms with E-state index in [-0.39, 0.29) is 11.5 Å². The van der Waals surface area contributed by atoms with Crippen LogP contribution in [0, 0.1) is 13.8 Å². The third-order valence-electron chi connectivity index (χ3n) is 4.91. The maximum Gasteiger partial charge on any atom is 0.161 e. The highest BCUT2D eigenvalue weighted by Crippen LogP contribution is 2.34. The minimum atomic E-state index is 0.131. The van der Waals surface area contributed by atoms with E-state index in [0.717, 1.165) is 27.8 Å². The van der Waals surface area contributed by atoms with Crippen LogP contribution in [0.5, 0.6) is 23.0 Å². The Morgan fingerprint density at radius 3 is 2.27 bits per heavy atom. The number of rotatable bonds is 7. The molecule has 3 aromatic rings. The Bertz CT molecular complexity index is 1050. The summed E-state index contributed by atoms with van der Waals surface area (Å²) in [6.45, 7) is 9.00. The summed E-state index contributed by atoms with van der Waals surface area (Å²) in [4.78, 5) is 0. The second kappa shape index (κ2) is 9.40. The molecule has 0 unspecified atom stereocenters. The van der Waals surface area contributed by atoms with Gasteiger partial charge in [-0.3, -0.25) is 0 Å². The molecule has 0 heterocycles. The molecule has 0 aliphatic heterocycles. The van der Waals surface area contributed by atoms with E-state index < -0.39 is 0 Å². The fourth-order valence-corrected chi connectivity index (χ4v) is 3.15. The summed E-state index contributed by atoms with van der Waals surface area (Å²) in [7, 11) is 0. The fraction of sp³-hybridized carbons (Fsp3) is 0.231. The van der Waals surface area contributed by atoms with Gasteiger partial charge < -0.3 is 19.7 Å². The first-order valence-corrected chi connectivity index (χ1v) is 9.95. The summed E-state index contributed by atoms with van der Waals surface area (Å²) in [5.41, 5.74) is 6.47. The van der Waals surface area contributed by atoms with E-state index in [1.54, 1.807) is 36.4 Å². The zero-order valence-corrected chi connectivity index (χ0v) is 17.9. The van der Waals surface area contributed by atoms with Crippen molar-refractivity contribution in [2.24, 2.45) is 0 Å². The second-order valence-corrected chi connectivity index (χ2v) is 7.65. The van der Waals surface area contributed by atoms with Gasteiger partial charge in [-0.2, -0.15) is 0 Å². The molecule has 2 N–H and O–H groups in total. The summed E-state index contributed by atoms with van der Waals surface area (Å²) < 4.78 is 11.5. The molecule has 0 amide bonds. The van der Waals surface area contributed by atoms with Gasteiger partial charge in [-0.1, -0.05) is 23.8 Å². The first-order chi connectivity index (χ1) is 14.3. The Morgan fingerprint density at radius 1 is 0.867 bits per heavy atom. The van der Waals surface area contributed by atoms with Crippen LogP contribution in [0.4, 0.5) is 0 Å². The minimum Gasteiger partial charge on any atom is -0.508 e. The number of phenols is 2. The molecular weight excluding hydrogens is 376 g/mol. The molecule has 0 saturated heterocycles. The van der Waals surface area contributed by atoms with Crippen LogP contribution in [0.25, 0.3) is 11.1 Å². The lowest BCUT2D eigenvalue weighted by Gasteiger charge is -2.15. The van der Waals surface area contributed by atoms with Gasteiger partial charge >= 0.3 is 0 Å². The summed E-state index contributed by atoms with van der Waals surface area (Å²) in [5, 5.41) is 19.8. The lowest BCUT2D eigenvalue weighted by Crippen LogP contribution is -2.00. The minimum absolute atomic E-state index is 0.131. The van der Waals surface area contributed by atoms with Crippen molar-refractivity contribution in [1.82, 2.24) is 0 Å². The van der Waals surface area contributed by atoms with Crippen LogP contribution < -0.4 is 9.47 Å². The fourth-order valence-electron chi connectivity index (χ4n) is 3.15. The van der Waals surface area contributed by atoms with Crippen LogP contribution in [0.2, 0.25) is 0 Å². The molecule has 4 heteroatoms. The molecule has 30 heavy (non-hydrogen) atoms. The van der Waals surface area contributed by atoms with Crippen molar-refractivity contribution in [2.45, 2.75) is 34.3 Å². The highest BCUT2D eigenvalue weighted by Gasteiger charge is 2.10. The van der Waals surface area contributed by atoms with Crippen LogP contribution in [-0.2, 0) is 6.61 Å². The number of aryl methyl sites for hydroxylation is 2. The first-order valence-electron chi connectivity index (χ1n) is 9.95. The van der Waals surface area contributed by atoms with Crippen molar-refractivity contribution < 1.29 is 19.7 Å². The number of hydrogen-bond donors (Lipinski definition) is 2. The van der Waals surface area contributed by atoms with E-state index >= 15 is 0 Å². The Morgan fingerprint density at radius 2 is 1.60 bits per heavy atom. The van der Waals surface area contributed by atoms with E-state index in [4.69, 9.17) is 9.47 Å². The van der Waals surface area contributed by atoms with Gasteiger partial charge in [0.2, 0.25) is 0 Å². The van der Waals surface area contributed by atoms with Gasteiger partial charge in [0, 0.05) is 0 Å². The monoisotopic (exact) mass is 404 g/mol. The number of allylic oxidation sites excluding steroid dienone is 1. The molecule has 0 saturated carbocycles. The molecule has 0 aromatic heterocycles. The Kier molecular flexibility index (Phi) is 6.68. The second-order valence-electron chi connectivity index (χ2n) is 7.65. The maximum absolute atomic E-state index is 10.4. The van der Waals surface area contributed by atoms with E-state index in [0.29, 0.717) is 24.7 Å². The molecule has 0 aliphatic rings. The topological polar surface area (TPSA) is 58.9 Å². The van der Waals surface area contributed by atoms with Gasteiger partial charge in [0.1, 0.15) is 24.7 Å². The summed E-state index contributed by atoms with van der Waals surface area (Å²) in [5.74, 6) is 1.54. The van der Waals surface area contributed by atoms with Gasteiger partial charge in [-0.05, 0) is 98.0 Å². The van der Waals surface area contributed by atoms with Crippen LogP contribution in [0.1, 0.15) is 30.5 Å². The molecular formula is C26H28O4. The lowest BCUT2D eigenvalue weighted by molar-refractivity contribution is 0.305. The molecule has 3 aromatic carbocycles. The molecule has 0 atom stereocenters. The SMILES string of the molecule is CC(C)=CCOc1ccc(-c2cc(C)c(COc3ccc(O)cc3)cc2C)cc1O. The van der Waals surface area contributed by atoms with Gasteiger partial charge in [0.05, 0.1) is 0 Å². The van der Waals surface area contributed by atoms with Crippen molar-refractivity contribution >= 4 is 0 Å². The van der Waals surface area contributed by atoms with E-state index in [1.165, 1.54) is 5.57 Å². The molecule has 4 nitrogen and oxygen atoms in total. The molecule has 0 radical (unpaired) electrons. The number of benzene rings is 3. The molecule has 0 aliphatic carbocycles. The Labute approximate surface area is 178 Å². The Balaban J connectivity index is 1.76. The largest absolute Gasteiger partial charge is 0.508 e. The third-order valence-corrected chi connectivity index (χ3v) is 4.91. The summed E-state index contributed by atoms with van der Waals surface area (Å²) >= 11 is 0. The van der Waals surface area contributed by atoms with Crippen LogP contribution >= 0.6 is 0 Å². The third kappa shape index (κ3) is 5.35. The van der Waals surface area contributed by atoms with Crippen molar-refractivity contribution in [1.29, 1.82) is 0 Å². The first kappa shape index (κ1) is 21.3. The lowest BCUT2D eigenvalue weighted by atomic mass is 9.95. The normalized spacial score (nSPS) is 10.5. The van der Waals surface area contributed by atoms with Gasteiger partial charge in [-0.25, -0.2) is 0 Å². The van der Waals surface area contributed by atoms with Crippen molar-refractivity contribution in [3.05, 3.63) is 82.9 Å². The number of hydrogen-bond acceptors (Lipinski definition) is 4. The van der Waals surface area contributed by atoms with Crippen molar-refractivity contribution in [3.8, 4) is 34.1 Å². The van der Waals surface area contributed by atoms with E-state index in [1.807, 2.05) is 26.0 Å². The van der Waals surface area contributed by atoms with Crippen molar-refractivity contribution in [3.63, 3.8) is 0 Å². The smallest absolute Gasteiger partial charge is 0.161 e. The quantitative estimate of drug-likeness (QED) is 0.453. The maximum atomic E-state index is 10.4. The molecule has 156 valence electrons. The zero-order valence-electron chi connectivity index (χ0n) is 17.9. The molecule has 0 spiro atoms. The number of phenolic OH excluding ortho intramolecular Hbond substituents is 2.